The maximum absolute atomic E-state index is 12.2. The molecule has 2 aromatic carbocycles. The minimum Gasteiger partial charge on any atom is -0.381 e. The van der Waals surface area contributed by atoms with Gasteiger partial charge in [0.15, 0.2) is 0 Å². The zero-order valence-electron chi connectivity index (χ0n) is 15.2. The fraction of sp³-hybridized carbons (Fsp3) is 0.286. The monoisotopic (exact) mass is 366 g/mol. The number of hydrogen-bond donors (Lipinski definition) is 1. The summed E-state index contributed by atoms with van der Waals surface area (Å²) < 4.78 is 5.58. The molecule has 2 aromatic rings. The Kier molecular flexibility index (Phi) is 5.98. The lowest BCUT2D eigenvalue weighted by Crippen LogP contribution is -2.25. The molecule has 0 fully saturated rings. The summed E-state index contributed by atoms with van der Waals surface area (Å²) in [6.45, 7) is 1.69. The van der Waals surface area contributed by atoms with Gasteiger partial charge < -0.3 is 10.1 Å². The van der Waals surface area contributed by atoms with Gasteiger partial charge in [0, 0.05) is 25.8 Å². The predicted octanol–water partition coefficient (Wildman–Crippen LogP) is 2.29. The minimum absolute atomic E-state index is 0.267. The molecule has 0 radical (unpaired) electrons. The van der Waals surface area contributed by atoms with Crippen LogP contribution in [0, 0.1) is 0 Å². The molecule has 0 bridgehead atoms. The van der Waals surface area contributed by atoms with E-state index in [1.54, 1.807) is 6.07 Å². The summed E-state index contributed by atoms with van der Waals surface area (Å²) in [5.74, 6) is -0.983. The number of imide groups is 1. The largest absolute Gasteiger partial charge is 0.381 e. The summed E-state index contributed by atoms with van der Waals surface area (Å²) in [5.41, 5.74) is 2.22. The number of hydrogen-bond acceptors (Lipinski definition) is 4. The number of ether oxygens (including phenoxy) is 1. The van der Waals surface area contributed by atoms with Gasteiger partial charge in [0.25, 0.3) is 17.7 Å². The molecule has 1 aliphatic rings. The van der Waals surface area contributed by atoms with E-state index in [2.05, 4.69) is 17.4 Å². The third-order valence-electron chi connectivity index (χ3n) is 4.48. The molecule has 0 spiro atoms. The van der Waals surface area contributed by atoms with Crippen LogP contribution in [0.25, 0.3) is 0 Å². The van der Waals surface area contributed by atoms with Crippen molar-refractivity contribution in [3.05, 3.63) is 70.8 Å². The summed E-state index contributed by atoms with van der Waals surface area (Å²) in [7, 11) is 1.43. The van der Waals surface area contributed by atoms with Crippen LogP contribution in [0.2, 0.25) is 0 Å². The second kappa shape index (κ2) is 8.60. The molecule has 0 aliphatic carbocycles. The first-order valence-electron chi connectivity index (χ1n) is 8.94. The number of carbonyl (C=O) groups excluding carboxylic acids is 3. The Morgan fingerprint density at radius 1 is 1.00 bits per heavy atom. The molecule has 0 saturated carbocycles. The highest BCUT2D eigenvalue weighted by Gasteiger charge is 2.33. The highest BCUT2D eigenvalue weighted by molar-refractivity contribution is 6.21. The molecule has 1 heterocycles. The quantitative estimate of drug-likeness (QED) is 0.575. The molecule has 0 atom stereocenters. The van der Waals surface area contributed by atoms with Crippen molar-refractivity contribution in [3.63, 3.8) is 0 Å². The van der Waals surface area contributed by atoms with Crippen LogP contribution in [-0.2, 0) is 11.2 Å². The van der Waals surface area contributed by atoms with Crippen molar-refractivity contribution in [2.75, 3.05) is 26.8 Å². The average molecular weight is 366 g/mol. The summed E-state index contributed by atoms with van der Waals surface area (Å²) in [5, 5.41) is 2.81. The molecule has 6 heteroatoms. The number of carbonyl (C=O) groups is 3. The van der Waals surface area contributed by atoms with Crippen LogP contribution in [0.15, 0.2) is 48.5 Å². The van der Waals surface area contributed by atoms with E-state index in [4.69, 9.17) is 4.74 Å². The van der Waals surface area contributed by atoms with Crippen molar-refractivity contribution in [1.82, 2.24) is 10.2 Å². The summed E-state index contributed by atoms with van der Waals surface area (Å²) in [4.78, 5) is 37.1. The van der Waals surface area contributed by atoms with Gasteiger partial charge in [-0.3, -0.25) is 19.3 Å². The molecule has 0 unspecified atom stereocenters. The second-order valence-corrected chi connectivity index (χ2v) is 6.39. The average Bonchev–Trinajstić information content (AvgIpc) is 2.91. The van der Waals surface area contributed by atoms with Crippen LogP contribution in [0.4, 0.5) is 0 Å². The second-order valence-electron chi connectivity index (χ2n) is 6.39. The fourth-order valence-corrected chi connectivity index (χ4v) is 2.92. The lowest BCUT2D eigenvalue weighted by Gasteiger charge is -2.07. The third-order valence-corrected chi connectivity index (χ3v) is 4.48. The molecule has 0 saturated heterocycles. The predicted molar refractivity (Wildman–Crippen MR) is 101 cm³/mol. The first-order valence-corrected chi connectivity index (χ1v) is 8.94. The van der Waals surface area contributed by atoms with Crippen LogP contribution >= 0.6 is 0 Å². The lowest BCUT2D eigenvalue weighted by molar-refractivity contribution is 0.0693. The van der Waals surface area contributed by atoms with E-state index in [9.17, 15) is 14.4 Å². The van der Waals surface area contributed by atoms with Gasteiger partial charge in [-0.2, -0.15) is 0 Å². The smallest absolute Gasteiger partial charge is 0.261 e. The van der Waals surface area contributed by atoms with E-state index >= 15 is 0 Å². The van der Waals surface area contributed by atoms with Gasteiger partial charge in [-0.25, -0.2) is 0 Å². The molecule has 3 rings (SSSR count). The van der Waals surface area contributed by atoms with Gasteiger partial charge in [-0.1, -0.05) is 30.3 Å². The van der Waals surface area contributed by atoms with Crippen LogP contribution in [0.1, 0.15) is 43.1 Å². The van der Waals surface area contributed by atoms with E-state index < -0.39 is 0 Å². The van der Waals surface area contributed by atoms with Gasteiger partial charge in [0.1, 0.15) is 0 Å². The Hall–Kier alpha value is -2.99. The maximum Gasteiger partial charge on any atom is 0.261 e. The van der Waals surface area contributed by atoms with Gasteiger partial charge in [-0.05, 0) is 36.6 Å². The summed E-state index contributed by atoms with van der Waals surface area (Å²) in [6.07, 6.45) is 1.56. The van der Waals surface area contributed by atoms with Crippen molar-refractivity contribution in [1.29, 1.82) is 0 Å². The zero-order chi connectivity index (χ0) is 19.2. The topological polar surface area (TPSA) is 75.7 Å². The van der Waals surface area contributed by atoms with Crippen molar-refractivity contribution < 1.29 is 19.1 Å². The normalized spacial score (nSPS) is 13.0. The standard InChI is InChI=1S/C21H22N2O4/c1-23-20(25)17-9-8-16(14-18(17)21(23)26)19(24)22-11-5-12-27-13-10-15-6-3-2-4-7-15/h2-4,6-9,14H,5,10-13H2,1H3,(H,22,24). The van der Waals surface area contributed by atoms with E-state index in [0.29, 0.717) is 37.3 Å². The first kappa shape index (κ1) is 18.8. The Balaban J connectivity index is 1.39. The molecule has 1 N–H and O–H groups in total. The SMILES string of the molecule is CN1C(=O)c2ccc(C(=O)NCCCOCCc3ccccc3)cc2C1=O. The number of nitrogens with one attached hydrogen (secondary N) is 1. The Morgan fingerprint density at radius 3 is 2.52 bits per heavy atom. The van der Waals surface area contributed by atoms with Crippen LogP contribution in [-0.4, -0.2) is 49.4 Å². The van der Waals surface area contributed by atoms with Crippen molar-refractivity contribution in [3.8, 4) is 0 Å². The summed E-state index contributed by atoms with van der Waals surface area (Å²) >= 11 is 0. The van der Waals surface area contributed by atoms with E-state index in [1.807, 2.05) is 18.2 Å². The van der Waals surface area contributed by atoms with E-state index in [0.717, 1.165) is 11.3 Å². The van der Waals surface area contributed by atoms with Crippen molar-refractivity contribution in [2.24, 2.45) is 0 Å². The molecule has 27 heavy (non-hydrogen) atoms. The molecule has 0 aromatic heterocycles. The first-order chi connectivity index (χ1) is 13.1. The Labute approximate surface area is 158 Å². The number of fused-ring (bicyclic) bond motifs is 1. The molecular formula is C21H22N2O4. The Bertz CT molecular complexity index is 849. The minimum atomic E-state index is -0.378. The molecule has 1 aliphatic heterocycles. The van der Waals surface area contributed by atoms with Gasteiger partial charge >= 0.3 is 0 Å². The van der Waals surface area contributed by atoms with Crippen LogP contribution in [0.5, 0.6) is 0 Å². The third kappa shape index (κ3) is 4.41. The van der Waals surface area contributed by atoms with Gasteiger partial charge in [0.05, 0.1) is 17.7 Å². The highest BCUT2D eigenvalue weighted by Crippen LogP contribution is 2.22. The van der Waals surface area contributed by atoms with Crippen molar-refractivity contribution in [2.45, 2.75) is 12.8 Å². The Morgan fingerprint density at radius 2 is 1.74 bits per heavy atom. The maximum atomic E-state index is 12.2. The molecule has 6 nitrogen and oxygen atoms in total. The molecule has 3 amide bonds. The number of nitrogens with zero attached hydrogens (tertiary/aromatic N) is 1. The van der Waals surface area contributed by atoms with Crippen LogP contribution in [0.3, 0.4) is 0 Å². The lowest BCUT2D eigenvalue weighted by atomic mass is 10.1. The summed E-state index contributed by atoms with van der Waals surface area (Å²) in [6, 6.07) is 14.7. The van der Waals surface area contributed by atoms with Crippen LogP contribution < -0.4 is 5.32 Å². The van der Waals surface area contributed by atoms with Gasteiger partial charge in [0.2, 0.25) is 0 Å². The zero-order valence-corrected chi connectivity index (χ0v) is 15.2. The van der Waals surface area contributed by atoms with Gasteiger partial charge in [-0.15, -0.1) is 0 Å². The highest BCUT2D eigenvalue weighted by atomic mass is 16.5. The van der Waals surface area contributed by atoms with E-state index in [1.165, 1.54) is 24.7 Å². The fourth-order valence-electron chi connectivity index (χ4n) is 2.92. The van der Waals surface area contributed by atoms with E-state index in [-0.39, 0.29) is 23.3 Å². The number of rotatable bonds is 8. The number of benzene rings is 2. The molecular weight excluding hydrogens is 344 g/mol. The number of amides is 3. The van der Waals surface area contributed by atoms with Crippen molar-refractivity contribution >= 4 is 17.7 Å². The molecule has 140 valence electrons.